The number of nitrogens with one attached hydrogen (secondary N) is 1. The van der Waals surface area contributed by atoms with Gasteiger partial charge in [-0.15, -0.1) is 4.98 Å². The van der Waals surface area contributed by atoms with Crippen molar-refractivity contribution >= 4 is 11.6 Å². The Bertz CT molecular complexity index is 771. The highest BCUT2D eigenvalue weighted by Gasteiger charge is 2.10. The van der Waals surface area contributed by atoms with Gasteiger partial charge in [-0.1, -0.05) is 48.5 Å². The third-order valence-corrected chi connectivity index (χ3v) is 3.22. The number of anilines is 2. The molecule has 0 fully saturated rings. The quantitative estimate of drug-likeness (QED) is 0.780. The Balaban J connectivity index is 1.98. The van der Waals surface area contributed by atoms with Crippen molar-refractivity contribution in [3.05, 3.63) is 54.6 Å². The fourth-order valence-electron chi connectivity index (χ4n) is 2.16. The van der Waals surface area contributed by atoms with Crippen LogP contribution < -0.4 is 14.8 Å². The largest absolute Gasteiger partial charge is 0.467 e. The average Bonchev–Trinajstić information content (AvgIpc) is 2.62. The Labute approximate surface area is 134 Å². The van der Waals surface area contributed by atoms with Gasteiger partial charge >= 0.3 is 12.0 Å². The van der Waals surface area contributed by atoms with Gasteiger partial charge in [-0.25, -0.2) is 0 Å². The van der Waals surface area contributed by atoms with Gasteiger partial charge in [0.2, 0.25) is 5.95 Å². The Kier molecular flexibility index (Phi) is 4.33. The summed E-state index contributed by atoms with van der Waals surface area (Å²) >= 11 is 0. The normalized spacial score (nSPS) is 10.2. The van der Waals surface area contributed by atoms with Crippen LogP contribution in [0.5, 0.6) is 12.0 Å². The molecule has 0 unspecified atom stereocenters. The molecule has 1 heterocycles. The molecule has 116 valence electrons. The number of benzene rings is 2. The summed E-state index contributed by atoms with van der Waals surface area (Å²) in [5.41, 5.74) is 3.03. The van der Waals surface area contributed by atoms with E-state index in [-0.39, 0.29) is 12.0 Å². The summed E-state index contributed by atoms with van der Waals surface area (Å²) in [5, 5.41) is 3.20. The van der Waals surface area contributed by atoms with Crippen molar-refractivity contribution in [3.63, 3.8) is 0 Å². The van der Waals surface area contributed by atoms with Crippen molar-refractivity contribution < 1.29 is 9.47 Å². The van der Waals surface area contributed by atoms with Crippen molar-refractivity contribution in [3.8, 4) is 23.1 Å². The number of para-hydroxylation sites is 1. The van der Waals surface area contributed by atoms with E-state index in [9.17, 15) is 0 Å². The van der Waals surface area contributed by atoms with Crippen LogP contribution in [0.2, 0.25) is 0 Å². The topological polar surface area (TPSA) is 69.2 Å². The summed E-state index contributed by atoms with van der Waals surface area (Å²) in [4.78, 5) is 12.4. The molecule has 0 spiro atoms. The monoisotopic (exact) mass is 308 g/mol. The van der Waals surface area contributed by atoms with Gasteiger partial charge < -0.3 is 14.8 Å². The van der Waals surface area contributed by atoms with E-state index in [2.05, 4.69) is 32.4 Å². The van der Waals surface area contributed by atoms with Crippen molar-refractivity contribution in [2.45, 2.75) is 0 Å². The number of nitrogens with zero attached hydrogens (tertiary/aromatic N) is 3. The van der Waals surface area contributed by atoms with E-state index in [0.717, 1.165) is 16.8 Å². The average molecular weight is 308 g/mol. The molecule has 1 N–H and O–H groups in total. The van der Waals surface area contributed by atoms with Crippen LogP contribution in [0.3, 0.4) is 0 Å². The zero-order chi connectivity index (χ0) is 16.1. The van der Waals surface area contributed by atoms with Crippen LogP contribution in [-0.2, 0) is 0 Å². The molecule has 0 aliphatic carbocycles. The fourth-order valence-corrected chi connectivity index (χ4v) is 2.16. The maximum Gasteiger partial charge on any atom is 0.324 e. The van der Waals surface area contributed by atoms with Crippen LogP contribution in [0.1, 0.15) is 0 Å². The summed E-state index contributed by atoms with van der Waals surface area (Å²) in [6.45, 7) is 0. The maximum atomic E-state index is 5.07. The van der Waals surface area contributed by atoms with Gasteiger partial charge in [0.25, 0.3) is 0 Å². The lowest BCUT2D eigenvalue weighted by molar-refractivity contribution is 0.341. The van der Waals surface area contributed by atoms with Crippen molar-refractivity contribution in [2.75, 3.05) is 19.5 Å². The Morgan fingerprint density at radius 3 is 2.00 bits per heavy atom. The summed E-state index contributed by atoms with van der Waals surface area (Å²) in [7, 11) is 2.99. The van der Waals surface area contributed by atoms with Crippen molar-refractivity contribution in [1.82, 2.24) is 15.0 Å². The van der Waals surface area contributed by atoms with Crippen LogP contribution in [0, 0.1) is 0 Å². The molecule has 6 nitrogen and oxygen atoms in total. The maximum absolute atomic E-state index is 5.07. The molecule has 0 radical (unpaired) electrons. The van der Waals surface area contributed by atoms with E-state index >= 15 is 0 Å². The lowest BCUT2D eigenvalue weighted by atomic mass is 10.0. The Hall–Kier alpha value is -3.15. The number of methoxy groups -OCH3 is 2. The summed E-state index contributed by atoms with van der Waals surface area (Å²) in [6.07, 6.45) is 0. The van der Waals surface area contributed by atoms with Gasteiger partial charge in [0, 0.05) is 11.3 Å². The predicted molar refractivity (Wildman–Crippen MR) is 88.1 cm³/mol. The van der Waals surface area contributed by atoms with Crippen LogP contribution in [0.25, 0.3) is 11.1 Å². The van der Waals surface area contributed by atoms with E-state index in [1.54, 1.807) is 0 Å². The molecule has 1 aromatic heterocycles. The van der Waals surface area contributed by atoms with Gasteiger partial charge in [-0.05, 0) is 11.6 Å². The standard InChI is InChI=1S/C17H16N4O2/c1-22-16-19-15(20-17(21-16)23-2)18-14-11-7-6-10-13(14)12-8-4-3-5-9-12/h3-11H,1-2H3,(H,18,19,20,21). The van der Waals surface area contributed by atoms with E-state index in [1.165, 1.54) is 14.2 Å². The molecule has 6 heteroatoms. The highest BCUT2D eigenvalue weighted by Crippen LogP contribution is 2.29. The highest BCUT2D eigenvalue weighted by molar-refractivity contribution is 5.79. The second-order valence-electron chi connectivity index (χ2n) is 4.67. The molecular weight excluding hydrogens is 292 g/mol. The zero-order valence-corrected chi connectivity index (χ0v) is 12.9. The van der Waals surface area contributed by atoms with E-state index in [4.69, 9.17) is 9.47 Å². The fraction of sp³-hybridized carbons (Fsp3) is 0.118. The Morgan fingerprint density at radius 2 is 1.35 bits per heavy atom. The van der Waals surface area contributed by atoms with Crippen LogP contribution in [0.15, 0.2) is 54.6 Å². The first-order chi connectivity index (χ1) is 11.3. The van der Waals surface area contributed by atoms with Crippen LogP contribution in [0.4, 0.5) is 11.6 Å². The highest BCUT2D eigenvalue weighted by atomic mass is 16.5. The third-order valence-electron chi connectivity index (χ3n) is 3.22. The first-order valence-electron chi connectivity index (χ1n) is 7.05. The van der Waals surface area contributed by atoms with Gasteiger partial charge in [-0.3, -0.25) is 0 Å². The van der Waals surface area contributed by atoms with Crippen LogP contribution in [-0.4, -0.2) is 29.2 Å². The van der Waals surface area contributed by atoms with Crippen molar-refractivity contribution in [1.29, 1.82) is 0 Å². The molecule has 0 saturated heterocycles. The number of hydrogen-bond acceptors (Lipinski definition) is 6. The van der Waals surface area contributed by atoms with Gasteiger partial charge in [-0.2, -0.15) is 9.97 Å². The minimum atomic E-state index is 0.191. The summed E-state index contributed by atoms with van der Waals surface area (Å²) < 4.78 is 10.1. The van der Waals surface area contributed by atoms with E-state index < -0.39 is 0 Å². The molecule has 0 aliphatic heterocycles. The molecule has 2 aromatic carbocycles. The first-order valence-corrected chi connectivity index (χ1v) is 7.05. The number of aromatic nitrogens is 3. The Morgan fingerprint density at radius 1 is 0.739 bits per heavy atom. The minimum absolute atomic E-state index is 0.191. The van der Waals surface area contributed by atoms with Gasteiger partial charge in [0.05, 0.1) is 14.2 Å². The number of rotatable bonds is 5. The van der Waals surface area contributed by atoms with E-state index in [1.807, 2.05) is 42.5 Å². The summed E-state index contributed by atoms with van der Waals surface area (Å²) in [5.74, 6) is 0.358. The second-order valence-corrected chi connectivity index (χ2v) is 4.67. The minimum Gasteiger partial charge on any atom is -0.467 e. The number of hydrogen-bond donors (Lipinski definition) is 1. The molecule has 3 aromatic rings. The predicted octanol–water partition coefficient (Wildman–Crippen LogP) is 3.30. The lowest BCUT2D eigenvalue weighted by Gasteiger charge is -2.12. The van der Waals surface area contributed by atoms with E-state index in [0.29, 0.717) is 5.95 Å². The molecule has 0 aliphatic rings. The van der Waals surface area contributed by atoms with Crippen molar-refractivity contribution in [2.24, 2.45) is 0 Å². The molecule has 0 saturated carbocycles. The molecular formula is C17H16N4O2. The van der Waals surface area contributed by atoms with Gasteiger partial charge in [0.1, 0.15) is 0 Å². The first kappa shape index (κ1) is 14.8. The summed E-state index contributed by atoms with van der Waals surface area (Å²) in [6, 6.07) is 18.4. The van der Waals surface area contributed by atoms with Gasteiger partial charge in [0.15, 0.2) is 0 Å². The molecule has 0 amide bonds. The molecule has 23 heavy (non-hydrogen) atoms. The molecule has 0 bridgehead atoms. The lowest BCUT2D eigenvalue weighted by Crippen LogP contribution is -2.04. The zero-order valence-electron chi connectivity index (χ0n) is 12.9. The number of ether oxygens (including phenoxy) is 2. The second kappa shape index (κ2) is 6.74. The third kappa shape index (κ3) is 3.37. The SMILES string of the molecule is COc1nc(Nc2ccccc2-c2ccccc2)nc(OC)n1. The molecule has 3 rings (SSSR count). The smallest absolute Gasteiger partial charge is 0.324 e. The molecule has 0 atom stereocenters. The van der Waals surface area contributed by atoms with Crippen LogP contribution >= 0.6 is 0 Å².